The normalized spacial score (nSPS) is 13.8. The summed E-state index contributed by atoms with van der Waals surface area (Å²) >= 11 is 0. The summed E-state index contributed by atoms with van der Waals surface area (Å²) in [4.78, 5) is 60.2. The molecule has 4 amide bonds. The van der Waals surface area contributed by atoms with Crippen LogP contribution >= 0.6 is 10.8 Å². The summed E-state index contributed by atoms with van der Waals surface area (Å²) in [5.41, 5.74) is 3.94. The van der Waals surface area contributed by atoms with Crippen LogP contribution in [0.2, 0.25) is 0 Å². The predicted molar refractivity (Wildman–Crippen MR) is 218 cm³/mol. The number of carbonyl (C=O) groups excluding carboxylic acids is 4. The van der Waals surface area contributed by atoms with Crippen molar-refractivity contribution in [1.82, 2.24) is 19.4 Å². The molecule has 3 N–H and O–H groups in total. The zero-order valence-corrected chi connectivity index (χ0v) is 32.2. The summed E-state index contributed by atoms with van der Waals surface area (Å²) < 4.78 is 6.24. The maximum atomic E-state index is 13.6. The number of rotatable bonds is 17. The summed E-state index contributed by atoms with van der Waals surface area (Å²) in [7, 11) is 4.52. The van der Waals surface area contributed by atoms with E-state index >= 15 is 0 Å². The van der Waals surface area contributed by atoms with Crippen molar-refractivity contribution in [3.63, 3.8) is 0 Å². The van der Waals surface area contributed by atoms with E-state index in [1.807, 2.05) is 97.6 Å². The van der Waals surface area contributed by atoms with Gasteiger partial charge in [0.05, 0.1) is 43.2 Å². The number of aryl methyl sites for hydroxylation is 3. The predicted octanol–water partition coefficient (Wildman–Crippen LogP) is 4.59. The average molecular weight is 776 g/mol. The van der Waals surface area contributed by atoms with Gasteiger partial charge in [-0.15, -0.1) is 0 Å². The monoisotopic (exact) mass is 775 g/mol. The topological polar surface area (TPSA) is 127 Å². The fourth-order valence-electron chi connectivity index (χ4n) is 7.47. The van der Waals surface area contributed by atoms with Gasteiger partial charge in [-0.2, -0.15) is 0 Å². The minimum Gasteiger partial charge on any atom is -0.384 e. The third-order valence-electron chi connectivity index (χ3n) is 10.1. The van der Waals surface area contributed by atoms with E-state index < -0.39 is 0 Å². The van der Waals surface area contributed by atoms with Crippen molar-refractivity contribution in [3.05, 3.63) is 120 Å². The number of amides is 4. The molecule has 12 nitrogen and oxygen atoms in total. The van der Waals surface area contributed by atoms with Crippen molar-refractivity contribution >= 4 is 78.1 Å². The van der Waals surface area contributed by atoms with Gasteiger partial charge in [-0.3, -0.25) is 34.0 Å². The van der Waals surface area contributed by atoms with Gasteiger partial charge in [-0.05, 0) is 36.4 Å². The fraction of sp³-hybridized carbons (Fsp3) is 0.268. The third-order valence-corrected chi connectivity index (χ3v) is 12.7. The van der Waals surface area contributed by atoms with Crippen LogP contribution in [0.5, 0.6) is 0 Å². The van der Waals surface area contributed by atoms with E-state index in [1.54, 1.807) is 22.9 Å². The van der Waals surface area contributed by atoms with Crippen molar-refractivity contribution in [2.24, 2.45) is 7.05 Å². The summed E-state index contributed by atoms with van der Waals surface area (Å²) in [5, 5.41) is 10.1. The Kier molecular flexibility index (Phi) is 10.6. The molecule has 0 fully saturated rings. The van der Waals surface area contributed by atoms with Gasteiger partial charge in [-0.1, -0.05) is 24.3 Å². The number of hydrogen-bond acceptors (Lipinski definition) is 7. The number of nitrogens with zero attached hydrogens (tertiary/aromatic N) is 5. The van der Waals surface area contributed by atoms with E-state index in [9.17, 15) is 19.2 Å². The van der Waals surface area contributed by atoms with Crippen LogP contribution in [0.1, 0.15) is 54.3 Å². The second-order valence-corrected chi connectivity index (χ2v) is 16.6. The highest BCUT2D eigenvalue weighted by Crippen LogP contribution is 2.36. The molecule has 6 aromatic rings. The number of benzene rings is 4. The molecule has 2 aliphatic heterocycles. The number of hydrogen-bond donors (Lipinski definition) is 3. The molecule has 280 valence electrons. The number of imide groups is 2. The van der Waals surface area contributed by atoms with Gasteiger partial charge in [-0.25, -0.2) is 13.7 Å². The standard InChI is InChI=1S/C41H40N8O4S2/c1-45-20-21-47(27-45)18-5-15-44-35-13-11-33-37-29(35)7-3-9-31(37)39(51)49(41(33)53)23-25-55-54-24-22-48-38(50)30-8-2-6-28-34(12-10-32(36(28)30)40(48)52)43-14-4-17-46-19-16-42-26-46/h2-3,6-13,16,19-21,26-27H,4-5,14-15,17-18,22-25H2,1H3,(H-,43,44,50,51,52,53)/p+3. The lowest BCUT2D eigenvalue weighted by Gasteiger charge is -2.27. The van der Waals surface area contributed by atoms with E-state index in [1.165, 1.54) is 9.80 Å². The Morgan fingerprint density at radius 1 is 0.709 bits per heavy atom. The fourth-order valence-corrected chi connectivity index (χ4v) is 9.54. The number of aromatic amines is 1. The van der Waals surface area contributed by atoms with Crippen molar-refractivity contribution in [1.29, 1.82) is 0 Å². The number of thiol groups is 1. The maximum Gasteiger partial charge on any atom is 0.261 e. The molecule has 14 heteroatoms. The zero-order valence-electron chi connectivity index (χ0n) is 30.5. The Hall–Kier alpha value is -5.60. The first kappa shape index (κ1) is 36.4. The Morgan fingerprint density at radius 3 is 1.89 bits per heavy atom. The minimum atomic E-state index is -0.288. The number of carbonyl (C=O) groups is 4. The first-order valence-corrected chi connectivity index (χ1v) is 21.2. The summed E-state index contributed by atoms with van der Waals surface area (Å²) in [6.45, 7) is 3.80. The first-order chi connectivity index (χ1) is 26.9. The molecule has 0 saturated carbocycles. The largest absolute Gasteiger partial charge is 0.384 e. The van der Waals surface area contributed by atoms with Gasteiger partial charge >= 0.3 is 0 Å². The van der Waals surface area contributed by atoms with E-state index in [0.717, 1.165) is 72.0 Å². The third kappa shape index (κ3) is 7.31. The minimum absolute atomic E-state index is 0.264. The molecule has 0 bridgehead atoms. The Balaban J connectivity index is 0.834. The summed E-state index contributed by atoms with van der Waals surface area (Å²) in [6.07, 6.45) is 13.7. The molecular weight excluding hydrogens is 733 g/mol. The molecule has 2 aromatic heterocycles. The van der Waals surface area contributed by atoms with E-state index in [4.69, 9.17) is 0 Å². The lowest BCUT2D eigenvalue weighted by Crippen LogP contribution is -2.42. The first-order valence-electron chi connectivity index (χ1n) is 18.5. The van der Waals surface area contributed by atoms with Gasteiger partial charge < -0.3 is 10.6 Å². The molecule has 55 heavy (non-hydrogen) atoms. The molecule has 0 aliphatic carbocycles. The molecule has 0 atom stereocenters. The summed E-state index contributed by atoms with van der Waals surface area (Å²) in [6, 6.07) is 18.7. The Morgan fingerprint density at radius 2 is 1.31 bits per heavy atom. The molecule has 0 radical (unpaired) electrons. The van der Waals surface area contributed by atoms with Crippen LogP contribution in [0.15, 0.2) is 98.1 Å². The molecular formula is C41H43N8O4S2+3. The molecule has 0 saturated heterocycles. The Labute approximate surface area is 326 Å². The second-order valence-electron chi connectivity index (χ2n) is 13.7. The van der Waals surface area contributed by atoms with Gasteiger partial charge in [0.1, 0.15) is 30.5 Å². The van der Waals surface area contributed by atoms with Gasteiger partial charge in [0.15, 0.2) is 0 Å². The van der Waals surface area contributed by atoms with Crippen LogP contribution in [0.4, 0.5) is 11.4 Å². The number of anilines is 2. The highest BCUT2D eigenvalue weighted by molar-refractivity contribution is 8.66. The van der Waals surface area contributed by atoms with Crippen molar-refractivity contribution in [3.8, 4) is 0 Å². The van der Waals surface area contributed by atoms with Crippen LogP contribution in [0, 0.1) is 0 Å². The second kappa shape index (κ2) is 16.0. The Bertz CT molecular complexity index is 2380. The molecule has 4 heterocycles. The van der Waals surface area contributed by atoms with Gasteiger partial charge in [0, 0.05) is 98.4 Å². The van der Waals surface area contributed by atoms with Crippen molar-refractivity contribution in [2.45, 2.75) is 25.9 Å². The number of aromatic nitrogens is 4. The van der Waals surface area contributed by atoms with E-state index in [-0.39, 0.29) is 36.7 Å². The number of H-pyrrole nitrogens is 1. The quantitative estimate of drug-likeness (QED) is 0.0309. The van der Waals surface area contributed by atoms with Crippen LogP contribution in [0.3, 0.4) is 0 Å². The number of nitrogens with one attached hydrogen (secondary N) is 3. The van der Waals surface area contributed by atoms with Crippen molar-refractivity contribution in [2.75, 3.05) is 48.3 Å². The lowest BCUT2D eigenvalue weighted by molar-refractivity contribution is -0.695. The van der Waals surface area contributed by atoms with Crippen molar-refractivity contribution < 1.29 is 28.3 Å². The lowest BCUT2D eigenvalue weighted by atomic mass is 9.93. The molecule has 2 aliphatic rings. The van der Waals surface area contributed by atoms with E-state index in [2.05, 4.69) is 24.8 Å². The molecule has 0 unspecified atom stereocenters. The average Bonchev–Trinajstić information content (AvgIpc) is 3.88. The molecule has 0 spiro atoms. The maximum absolute atomic E-state index is 13.6. The van der Waals surface area contributed by atoms with Crippen LogP contribution in [-0.2, 0) is 30.9 Å². The molecule has 4 aromatic carbocycles. The SMILES string of the molecule is C[n+]1ccn(CCCNc2ccc3c4c(cccc24)C(=O)N(CCS[SH+]CCN2C(=O)c4cccc5c(NCCC[n+]6cc[nH]c6)ccc(c45)C2=O)C3=O)c1. The smallest absolute Gasteiger partial charge is 0.261 e. The summed E-state index contributed by atoms with van der Waals surface area (Å²) in [5.74, 6) is -0.0466. The zero-order chi connectivity index (χ0) is 37.9. The van der Waals surface area contributed by atoms with Crippen LogP contribution in [-0.4, -0.2) is 80.7 Å². The van der Waals surface area contributed by atoms with E-state index in [0.29, 0.717) is 44.5 Å². The van der Waals surface area contributed by atoms with Crippen LogP contribution < -0.4 is 19.8 Å². The van der Waals surface area contributed by atoms with Gasteiger partial charge in [0.2, 0.25) is 12.7 Å². The highest BCUT2D eigenvalue weighted by atomic mass is 33.1. The van der Waals surface area contributed by atoms with Crippen LogP contribution in [0.25, 0.3) is 21.5 Å². The highest BCUT2D eigenvalue weighted by Gasteiger charge is 2.35. The molecule has 8 rings (SSSR count). The number of imidazole rings is 2. The van der Waals surface area contributed by atoms with Gasteiger partial charge in [0.25, 0.3) is 23.6 Å².